The Balaban J connectivity index is 1.50. The molecule has 0 saturated carbocycles. The van der Waals surface area contributed by atoms with Gasteiger partial charge in [-0.05, 0) is 66.6 Å². The van der Waals surface area contributed by atoms with Crippen molar-refractivity contribution in [3.63, 3.8) is 0 Å². The summed E-state index contributed by atoms with van der Waals surface area (Å²) in [6, 6.07) is 14.3. The third kappa shape index (κ3) is 7.39. The van der Waals surface area contributed by atoms with Crippen LogP contribution in [0.25, 0.3) is 0 Å². The Kier molecular flexibility index (Phi) is 8.90. The molecule has 3 rings (SSSR count). The molecular formula is C27H39N3O3S. The zero-order valence-electron chi connectivity index (χ0n) is 20.9. The average Bonchev–Trinajstić information content (AvgIpc) is 2.82. The van der Waals surface area contributed by atoms with Crippen molar-refractivity contribution in [2.45, 2.75) is 76.3 Å². The summed E-state index contributed by atoms with van der Waals surface area (Å²) >= 11 is 0. The first-order valence-corrected chi connectivity index (χ1v) is 13.8. The molecule has 0 aromatic heterocycles. The topological polar surface area (TPSA) is 78.5 Å². The number of benzene rings is 2. The number of nitrogens with one attached hydrogen (secondary N) is 2. The molecule has 1 fully saturated rings. The van der Waals surface area contributed by atoms with E-state index in [4.69, 9.17) is 0 Å². The van der Waals surface area contributed by atoms with Gasteiger partial charge < -0.3 is 10.2 Å². The molecule has 2 N–H and O–H groups in total. The van der Waals surface area contributed by atoms with Gasteiger partial charge in [-0.25, -0.2) is 13.1 Å². The van der Waals surface area contributed by atoms with Gasteiger partial charge in [-0.15, -0.1) is 0 Å². The normalized spacial score (nSPS) is 15.9. The lowest BCUT2D eigenvalue weighted by molar-refractivity contribution is 0.0910. The highest BCUT2D eigenvalue weighted by Gasteiger charge is 2.21. The van der Waals surface area contributed by atoms with E-state index in [9.17, 15) is 13.2 Å². The second-order valence-electron chi connectivity index (χ2n) is 10.2. The fourth-order valence-corrected chi connectivity index (χ4v) is 5.14. The Morgan fingerprint density at radius 1 is 1.00 bits per heavy atom. The first kappa shape index (κ1) is 26.4. The zero-order valence-corrected chi connectivity index (χ0v) is 21.7. The Bertz CT molecular complexity index is 1030. The van der Waals surface area contributed by atoms with Crippen molar-refractivity contribution in [3.05, 3.63) is 65.2 Å². The second-order valence-corrected chi connectivity index (χ2v) is 12.0. The molecule has 1 aliphatic heterocycles. The molecule has 0 aliphatic carbocycles. The lowest BCUT2D eigenvalue weighted by Crippen LogP contribution is -2.44. The second kappa shape index (κ2) is 11.5. The molecule has 2 aromatic carbocycles. The van der Waals surface area contributed by atoms with Gasteiger partial charge in [0.25, 0.3) is 5.91 Å². The smallest absolute Gasteiger partial charge is 0.251 e. The summed E-state index contributed by atoms with van der Waals surface area (Å²) in [5.74, 6) is -0.0712. The molecule has 1 saturated heterocycles. The summed E-state index contributed by atoms with van der Waals surface area (Å²) in [7, 11) is -3.61. The first-order chi connectivity index (χ1) is 16.1. The molecule has 0 radical (unpaired) electrons. The van der Waals surface area contributed by atoms with Crippen LogP contribution in [-0.2, 0) is 22.0 Å². The molecule has 2 aromatic rings. The molecule has 7 heteroatoms. The van der Waals surface area contributed by atoms with Gasteiger partial charge in [0.1, 0.15) is 0 Å². The summed E-state index contributed by atoms with van der Waals surface area (Å²) < 4.78 is 28.0. The van der Waals surface area contributed by atoms with Crippen molar-refractivity contribution in [2.24, 2.45) is 0 Å². The van der Waals surface area contributed by atoms with Gasteiger partial charge in [0.15, 0.2) is 0 Å². The van der Waals surface area contributed by atoms with Crippen LogP contribution in [0.1, 0.15) is 74.9 Å². The van der Waals surface area contributed by atoms with Gasteiger partial charge >= 0.3 is 0 Å². The number of carbonyl (C=O) groups excluding carboxylic acids is 1. The minimum absolute atomic E-state index is 0.0320. The molecule has 1 heterocycles. The van der Waals surface area contributed by atoms with Crippen LogP contribution in [0, 0.1) is 0 Å². The van der Waals surface area contributed by atoms with Gasteiger partial charge in [0, 0.05) is 31.2 Å². The molecule has 186 valence electrons. The van der Waals surface area contributed by atoms with Crippen LogP contribution in [0.15, 0.2) is 53.4 Å². The lowest BCUT2D eigenvalue weighted by Gasteiger charge is -2.32. The number of amides is 1. The van der Waals surface area contributed by atoms with Crippen LogP contribution in [0.2, 0.25) is 0 Å². The summed E-state index contributed by atoms with van der Waals surface area (Å²) in [5.41, 5.74) is 2.45. The maximum atomic E-state index is 12.7. The number of sulfonamides is 1. The minimum Gasteiger partial charge on any atom is -0.349 e. The Hall–Kier alpha value is -2.22. The molecule has 6 nitrogen and oxygen atoms in total. The summed E-state index contributed by atoms with van der Waals surface area (Å²) in [5, 5.41) is 3.15. The Morgan fingerprint density at radius 2 is 1.62 bits per heavy atom. The number of hydrogen-bond donors (Lipinski definition) is 2. The average molecular weight is 486 g/mol. The minimum atomic E-state index is -3.61. The number of nitrogens with zero attached hydrogens (tertiary/aromatic N) is 1. The van der Waals surface area contributed by atoms with Gasteiger partial charge in [0.2, 0.25) is 10.0 Å². The quantitative estimate of drug-likeness (QED) is 0.550. The van der Waals surface area contributed by atoms with E-state index in [-0.39, 0.29) is 28.8 Å². The summed E-state index contributed by atoms with van der Waals surface area (Å²) in [6.45, 7) is 11.9. The Morgan fingerprint density at radius 3 is 2.18 bits per heavy atom. The number of likely N-dealkylation sites (tertiary alicyclic amines) is 1. The molecular weight excluding hydrogens is 446 g/mol. The molecule has 1 aliphatic rings. The number of piperidine rings is 1. The maximum Gasteiger partial charge on any atom is 0.251 e. The monoisotopic (exact) mass is 485 g/mol. The number of rotatable bonds is 9. The van der Waals surface area contributed by atoms with E-state index in [1.54, 1.807) is 36.4 Å². The standard InChI is InChI=1S/C27H39N3O3S/c1-5-6-17-30-18-15-24(16-19-30)29-26(31)22-9-7-21(8-10-22)20-28-34(32,33)25-13-11-23(12-14-25)27(2,3)4/h7-14,24,28H,5-6,15-20H2,1-4H3,(H,29,31). The van der Waals surface area contributed by atoms with Crippen LogP contribution < -0.4 is 10.0 Å². The van der Waals surface area contributed by atoms with Crippen molar-refractivity contribution in [2.75, 3.05) is 19.6 Å². The fourth-order valence-electron chi connectivity index (χ4n) is 4.12. The van der Waals surface area contributed by atoms with Crippen LogP contribution in [-0.4, -0.2) is 44.9 Å². The van der Waals surface area contributed by atoms with Crippen molar-refractivity contribution in [3.8, 4) is 0 Å². The van der Waals surface area contributed by atoms with Crippen molar-refractivity contribution in [1.29, 1.82) is 0 Å². The van der Waals surface area contributed by atoms with E-state index in [0.29, 0.717) is 5.56 Å². The molecule has 34 heavy (non-hydrogen) atoms. The predicted molar refractivity (Wildman–Crippen MR) is 137 cm³/mol. The SMILES string of the molecule is CCCCN1CCC(NC(=O)c2ccc(CNS(=O)(=O)c3ccc(C(C)(C)C)cc3)cc2)CC1. The lowest BCUT2D eigenvalue weighted by atomic mass is 9.87. The van der Waals surface area contributed by atoms with Gasteiger partial charge in [-0.1, -0.05) is 58.4 Å². The van der Waals surface area contributed by atoms with Gasteiger partial charge in [0.05, 0.1) is 4.90 Å². The largest absolute Gasteiger partial charge is 0.349 e. The molecule has 0 atom stereocenters. The van der Waals surface area contributed by atoms with Crippen LogP contribution in [0.5, 0.6) is 0 Å². The van der Waals surface area contributed by atoms with Gasteiger partial charge in [-0.2, -0.15) is 0 Å². The van der Waals surface area contributed by atoms with E-state index >= 15 is 0 Å². The highest BCUT2D eigenvalue weighted by Crippen LogP contribution is 2.23. The zero-order chi connectivity index (χ0) is 24.8. The Labute approximate surface area is 205 Å². The number of carbonyl (C=O) groups is 1. The summed E-state index contributed by atoms with van der Waals surface area (Å²) in [4.78, 5) is 15.4. The van der Waals surface area contributed by atoms with E-state index in [1.165, 1.54) is 12.8 Å². The molecule has 0 spiro atoms. The van der Waals surface area contributed by atoms with E-state index in [0.717, 1.165) is 43.6 Å². The fraction of sp³-hybridized carbons (Fsp3) is 0.519. The molecule has 0 unspecified atom stereocenters. The molecule has 1 amide bonds. The number of hydrogen-bond acceptors (Lipinski definition) is 4. The first-order valence-electron chi connectivity index (χ1n) is 12.3. The van der Waals surface area contributed by atoms with E-state index < -0.39 is 10.0 Å². The van der Waals surface area contributed by atoms with Gasteiger partial charge in [-0.3, -0.25) is 4.79 Å². The van der Waals surface area contributed by atoms with Crippen LogP contribution >= 0.6 is 0 Å². The maximum absolute atomic E-state index is 12.7. The summed E-state index contributed by atoms with van der Waals surface area (Å²) in [6.07, 6.45) is 4.39. The third-order valence-electron chi connectivity index (χ3n) is 6.46. The van der Waals surface area contributed by atoms with Crippen molar-refractivity contribution < 1.29 is 13.2 Å². The highest BCUT2D eigenvalue weighted by molar-refractivity contribution is 7.89. The third-order valence-corrected chi connectivity index (χ3v) is 7.88. The number of unbranched alkanes of at least 4 members (excludes halogenated alkanes) is 1. The van der Waals surface area contributed by atoms with E-state index in [1.807, 2.05) is 12.1 Å². The highest BCUT2D eigenvalue weighted by atomic mass is 32.2. The van der Waals surface area contributed by atoms with Crippen LogP contribution in [0.4, 0.5) is 0 Å². The van der Waals surface area contributed by atoms with Crippen molar-refractivity contribution in [1.82, 2.24) is 14.9 Å². The van der Waals surface area contributed by atoms with Crippen LogP contribution in [0.3, 0.4) is 0 Å². The molecule has 0 bridgehead atoms. The van der Waals surface area contributed by atoms with E-state index in [2.05, 4.69) is 42.6 Å². The van der Waals surface area contributed by atoms with Crippen molar-refractivity contribution >= 4 is 15.9 Å². The predicted octanol–water partition coefficient (Wildman–Crippen LogP) is 4.46.